The van der Waals surface area contributed by atoms with E-state index in [-0.39, 0.29) is 82.2 Å². The Bertz CT molecular complexity index is 1890. The van der Waals surface area contributed by atoms with Crippen LogP contribution in [0.2, 0.25) is 0 Å². The summed E-state index contributed by atoms with van der Waals surface area (Å²) in [6, 6.07) is 11.6. The van der Waals surface area contributed by atoms with E-state index in [1.54, 1.807) is 0 Å². The molecule has 0 aromatic heterocycles. The van der Waals surface area contributed by atoms with Gasteiger partial charge in [0.1, 0.15) is 30.5 Å². The van der Waals surface area contributed by atoms with E-state index in [4.69, 9.17) is 14.2 Å². The third-order valence-corrected chi connectivity index (χ3v) is 11.4. The Morgan fingerprint density at radius 2 is 0.603 bits per heavy atom. The van der Waals surface area contributed by atoms with Crippen molar-refractivity contribution in [3.8, 4) is 17.2 Å². The number of hydrogen-bond acceptors (Lipinski definition) is 9. The molecule has 0 heterocycles. The monoisotopic (exact) mass is 873 g/mol. The van der Waals surface area contributed by atoms with Crippen molar-refractivity contribution in [2.75, 3.05) is 13.2 Å². The van der Waals surface area contributed by atoms with Crippen LogP contribution in [0.15, 0.2) is 36.4 Å². The maximum absolute atomic E-state index is 13.5. The molecule has 0 spiro atoms. The average Bonchev–Trinajstić information content (AvgIpc) is 3.11. The summed E-state index contributed by atoms with van der Waals surface area (Å²) in [4.78, 5) is 40.0. The van der Waals surface area contributed by atoms with Crippen LogP contribution in [0, 0.1) is 0 Å². The van der Waals surface area contributed by atoms with Gasteiger partial charge < -0.3 is 29.5 Å². The van der Waals surface area contributed by atoms with Crippen LogP contribution in [0.1, 0.15) is 194 Å². The van der Waals surface area contributed by atoms with Crippen LogP contribution < -0.4 is 0 Å². The topological polar surface area (TPSA) is 140 Å². The first-order valence-corrected chi connectivity index (χ1v) is 22.6. The minimum Gasteiger partial charge on any atom is -0.507 e. The highest BCUT2D eigenvalue weighted by Gasteiger charge is 2.30. The number of phenolic OH excluding ortho intramolecular Hbond substituents is 3. The largest absolute Gasteiger partial charge is 0.507 e. The molecule has 0 unspecified atom stereocenters. The van der Waals surface area contributed by atoms with Gasteiger partial charge in [-0.2, -0.15) is 0 Å². The molecule has 0 aliphatic heterocycles. The summed E-state index contributed by atoms with van der Waals surface area (Å²) in [5.74, 6) is -0.762. The molecule has 0 bridgehead atoms. The van der Waals surface area contributed by atoms with Gasteiger partial charge in [0.15, 0.2) is 6.10 Å². The molecule has 0 saturated heterocycles. The van der Waals surface area contributed by atoms with E-state index in [1.807, 2.05) is 161 Å². The first-order chi connectivity index (χ1) is 28.5. The van der Waals surface area contributed by atoms with Gasteiger partial charge in [-0.1, -0.05) is 161 Å². The molecule has 9 nitrogen and oxygen atoms in total. The number of phenols is 3. The SMILES string of the molecule is CC(C)(C)c1cc(CCC(=O)OCC(COC(=O)CCc2cc(C(C)(C)C)c(O)c(C(C)(C)C)c2)OC(=O)CCc2cc(C(C)(C)C)c(O)c(C(C)(C)C)c2)cc(C(C)(C)C)c1O. The first kappa shape index (κ1) is 52.8. The van der Waals surface area contributed by atoms with E-state index in [0.717, 1.165) is 50.1 Å². The van der Waals surface area contributed by atoms with Crippen molar-refractivity contribution in [2.45, 2.75) is 202 Å². The molecule has 0 saturated carbocycles. The Morgan fingerprint density at radius 1 is 0.397 bits per heavy atom. The lowest BCUT2D eigenvalue weighted by Crippen LogP contribution is -2.31. The predicted octanol–water partition coefficient (Wildman–Crippen LogP) is 11.8. The van der Waals surface area contributed by atoms with Crippen LogP contribution in [0.3, 0.4) is 0 Å². The highest BCUT2D eigenvalue weighted by molar-refractivity contribution is 5.72. The van der Waals surface area contributed by atoms with Crippen molar-refractivity contribution in [3.63, 3.8) is 0 Å². The highest BCUT2D eigenvalue weighted by atomic mass is 16.6. The fourth-order valence-corrected chi connectivity index (χ4v) is 7.56. The van der Waals surface area contributed by atoms with E-state index < -0.39 is 24.0 Å². The Balaban J connectivity index is 1.81. The van der Waals surface area contributed by atoms with E-state index in [9.17, 15) is 29.7 Å². The molecule has 3 aromatic rings. The normalized spacial score (nSPS) is 13.0. The second-order valence-electron chi connectivity index (χ2n) is 23.6. The number of carbonyl (C=O) groups is 3. The number of aromatic hydroxyl groups is 3. The number of aryl methyl sites for hydroxylation is 3. The summed E-state index contributed by atoms with van der Waals surface area (Å²) in [5, 5.41) is 33.5. The Morgan fingerprint density at radius 3 is 0.810 bits per heavy atom. The van der Waals surface area contributed by atoms with E-state index in [2.05, 4.69) is 0 Å². The van der Waals surface area contributed by atoms with E-state index in [1.165, 1.54) is 0 Å². The number of carbonyl (C=O) groups excluding carboxylic acids is 3. The van der Waals surface area contributed by atoms with Crippen LogP contribution in [0.4, 0.5) is 0 Å². The third kappa shape index (κ3) is 15.0. The predicted molar refractivity (Wildman–Crippen MR) is 253 cm³/mol. The van der Waals surface area contributed by atoms with Crippen LogP contribution in [0.25, 0.3) is 0 Å². The quantitative estimate of drug-likeness (QED) is 0.107. The molecular formula is C54H80O9. The molecule has 0 aliphatic carbocycles. The summed E-state index contributed by atoms with van der Waals surface area (Å²) in [6.45, 7) is 36.1. The summed E-state index contributed by atoms with van der Waals surface area (Å²) in [6.07, 6.45) is 0.137. The molecule has 9 heteroatoms. The molecule has 0 radical (unpaired) electrons. The lowest BCUT2D eigenvalue weighted by molar-refractivity contribution is -0.166. The number of ether oxygens (including phenoxy) is 3. The minimum absolute atomic E-state index is 0.0104. The van der Waals surface area contributed by atoms with Gasteiger partial charge in [-0.05, 0) is 102 Å². The Labute approximate surface area is 379 Å². The fourth-order valence-electron chi connectivity index (χ4n) is 7.56. The average molecular weight is 873 g/mol. The molecule has 3 aromatic carbocycles. The van der Waals surface area contributed by atoms with E-state index >= 15 is 0 Å². The van der Waals surface area contributed by atoms with Gasteiger partial charge in [0.2, 0.25) is 0 Å². The summed E-state index contributed by atoms with van der Waals surface area (Å²) >= 11 is 0. The van der Waals surface area contributed by atoms with Crippen LogP contribution in [-0.4, -0.2) is 52.5 Å². The summed E-state index contributed by atoms with van der Waals surface area (Å²) < 4.78 is 17.2. The molecule has 0 aliphatic rings. The van der Waals surface area contributed by atoms with Gasteiger partial charge in [0.25, 0.3) is 0 Å². The Kier molecular flexibility index (Phi) is 16.5. The van der Waals surface area contributed by atoms with Gasteiger partial charge in [-0.25, -0.2) is 0 Å². The maximum Gasteiger partial charge on any atom is 0.306 e. The molecule has 63 heavy (non-hydrogen) atoms. The molecular weight excluding hydrogens is 793 g/mol. The van der Waals surface area contributed by atoms with Crippen LogP contribution in [-0.2, 0) is 80.3 Å². The second-order valence-corrected chi connectivity index (χ2v) is 23.6. The number of esters is 3. The standard InChI is InChI=1S/C54H80O9/c1-49(2,3)37-25-33(26-38(46(37)58)50(4,5)6)19-22-43(55)61-31-36(63-45(57)24-21-35-29-41(53(13,14)15)48(60)42(30-35)54(16,17)18)32-62-44(56)23-20-34-27-39(51(7,8)9)47(59)40(28-34)52(10,11)12/h25-30,36,58-60H,19-24,31-32H2,1-18H3. The van der Waals surface area contributed by atoms with Crippen molar-refractivity contribution in [1.29, 1.82) is 0 Å². The zero-order valence-corrected chi connectivity index (χ0v) is 42.0. The Hall–Kier alpha value is -4.53. The summed E-state index contributed by atoms with van der Waals surface area (Å²) in [5.41, 5.74) is 5.51. The number of hydrogen-bond donors (Lipinski definition) is 3. The lowest BCUT2D eigenvalue weighted by atomic mass is 9.78. The van der Waals surface area contributed by atoms with Gasteiger partial charge in [0, 0.05) is 19.3 Å². The first-order valence-electron chi connectivity index (χ1n) is 22.6. The van der Waals surface area contributed by atoms with Crippen LogP contribution >= 0.6 is 0 Å². The summed E-state index contributed by atoms with van der Waals surface area (Å²) in [7, 11) is 0. The molecule has 0 amide bonds. The maximum atomic E-state index is 13.5. The third-order valence-electron chi connectivity index (χ3n) is 11.4. The van der Waals surface area contributed by atoms with Crippen molar-refractivity contribution in [1.82, 2.24) is 0 Å². The van der Waals surface area contributed by atoms with Crippen molar-refractivity contribution in [2.24, 2.45) is 0 Å². The van der Waals surface area contributed by atoms with Crippen molar-refractivity contribution >= 4 is 17.9 Å². The number of benzene rings is 3. The molecule has 3 rings (SSSR count). The van der Waals surface area contributed by atoms with Gasteiger partial charge >= 0.3 is 17.9 Å². The lowest BCUT2D eigenvalue weighted by Gasteiger charge is -2.28. The van der Waals surface area contributed by atoms with Crippen molar-refractivity contribution < 1.29 is 43.9 Å². The molecule has 350 valence electrons. The zero-order valence-electron chi connectivity index (χ0n) is 42.0. The van der Waals surface area contributed by atoms with E-state index in [0.29, 0.717) is 19.3 Å². The molecule has 0 atom stereocenters. The minimum atomic E-state index is -1.05. The molecule has 0 fully saturated rings. The number of rotatable bonds is 14. The fraction of sp³-hybridized carbons (Fsp3) is 0.611. The second kappa shape index (κ2) is 19.7. The van der Waals surface area contributed by atoms with Gasteiger partial charge in [-0.3, -0.25) is 14.4 Å². The highest BCUT2D eigenvalue weighted by Crippen LogP contribution is 2.42. The van der Waals surface area contributed by atoms with Gasteiger partial charge in [-0.15, -0.1) is 0 Å². The zero-order chi connectivity index (χ0) is 48.3. The van der Waals surface area contributed by atoms with Crippen molar-refractivity contribution in [3.05, 3.63) is 86.5 Å². The van der Waals surface area contributed by atoms with Gasteiger partial charge in [0.05, 0.1) is 0 Å². The smallest absolute Gasteiger partial charge is 0.306 e. The molecule has 3 N–H and O–H groups in total. The van der Waals surface area contributed by atoms with Crippen LogP contribution in [0.5, 0.6) is 17.2 Å².